The molecule has 0 saturated carbocycles. The van der Waals surface area contributed by atoms with Crippen LogP contribution < -0.4 is 9.47 Å². The van der Waals surface area contributed by atoms with E-state index in [-0.39, 0.29) is 11.3 Å². The maximum atomic E-state index is 13.0. The summed E-state index contributed by atoms with van der Waals surface area (Å²) in [5.41, 5.74) is 0.587. The lowest BCUT2D eigenvalue weighted by molar-refractivity contribution is 0.0492. The Hall–Kier alpha value is -2.82. The first-order valence-corrected chi connectivity index (χ1v) is 13.3. The predicted molar refractivity (Wildman–Crippen MR) is 140 cm³/mol. The molecule has 0 aliphatic heterocycles. The summed E-state index contributed by atoms with van der Waals surface area (Å²) in [6.07, 6.45) is 11.1. The molecule has 0 N–H and O–H groups in total. The summed E-state index contributed by atoms with van der Waals surface area (Å²) in [5.74, 6) is 0.0953. The number of rotatable bonds is 17. The van der Waals surface area contributed by atoms with Crippen LogP contribution in [-0.2, 0) is 4.74 Å². The van der Waals surface area contributed by atoms with Gasteiger partial charge < -0.3 is 14.2 Å². The highest BCUT2D eigenvalue weighted by Gasteiger charge is 2.20. The second kappa shape index (κ2) is 16.7. The third kappa shape index (κ3) is 10.1. The fourth-order valence-electron chi connectivity index (χ4n) is 3.87. The first-order chi connectivity index (χ1) is 17.1. The molecule has 0 saturated heterocycles. The maximum Gasteiger partial charge on any atom is 0.347 e. The van der Waals surface area contributed by atoms with Crippen LogP contribution in [0.4, 0.5) is 0 Å². The van der Waals surface area contributed by atoms with Gasteiger partial charge in [-0.25, -0.2) is 9.59 Å². The number of carbonyl (C=O) groups is 2. The van der Waals surface area contributed by atoms with Crippen LogP contribution in [0.15, 0.2) is 48.5 Å². The van der Waals surface area contributed by atoms with Crippen molar-refractivity contribution in [3.8, 4) is 11.5 Å². The smallest absolute Gasteiger partial charge is 0.347 e. The van der Waals surface area contributed by atoms with E-state index in [4.69, 9.17) is 14.2 Å². The van der Waals surface area contributed by atoms with E-state index in [1.54, 1.807) is 42.5 Å². The summed E-state index contributed by atoms with van der Waals surface area (Å²) in [6, 6.07) is 13.8. The van der Waals surface area contributed by atoms with Crippen LogP contribution in [0.25, 0.3) is 0 Å². The molecule has 5 heteroatoms. The summed E-state index contributed by atoms with van der Waals surface area (Å²) >= 11 is 0. The minimum atomic E-state index is -0.557. The zero-order chi connectivity index (χ0) is 25.3. The van der Waals surface area contributed by atoms with Gasteiger partial charge in [0, 0.05) is 0 Å². The maximum absolute atomic E-state index is 13.0. The first kappa shape index (κ1) is 28.4. The molecule has 2 rings (SSSR count). The molecule has 192 valence electrons. The Morgan fingerprint density at radius 1 is 0.714 bits per heavy atom. The Morgan fingerprint density at radius 3 is 2.00 bits per heavy atom. The van der Waals surface area contributed by atoms with Gasteiger partial charge in [0.1, 0.15) is 22.6 Å². The van der Waals surface area contributed by atoms with Crippen LogP contribution in [0.2, 0.25) is 0 Å². The number of ether oxygens (including phenoxy) is 3. The van der Waals surface area contributed by atoms with E-state index < -0.39 is 11.9 Å². The van der Waals surface area contributed by atoms with Gasteiger partial charge in [0.25, 0.3) is 0 Å². The van der Waals surface area contributed by atoms with Crippen LogP contribution >= 0.6 is 0 Å². The van der Waals surface area contributed by atoms with Crippen molar-refractivity contribution in [2.75, 3.05) is 13.2 Å². The fourth-order valence-corrected chi connectivity index (χ4v) is 3.87. The number of hydrogen-bond acceptors (Lipinski definition) is 5. The summed E-state index contributed by atoms with van der Waals surface area (Å²) in [6.45, 7) is 7.45. The molecule has 0 spiro atoms. The molecule has 1 unspecified atom stereocenters. The van der Waals surface area contributed by atoms with Crippen LogP contribution in [0, 0.1) is 5.92 Å². The molecule has 0 aliphatic carbocycles. The van der Waals surface area contributed by atoms with Crippen molar-refractivity contribution < 1.29 is 23.8 Å². The highest BCUT2D eigenvalue weighted by atomic mass is 16.6. The molecule has 0 aromatic heterocycles. The van der Waals surface area contributed by atoms with Crippen LogP contribution in [0.3, 0.4) is 0 Å². The Kier molecular flexibility index (Phi) is 13.6. The Labute approximate surface area is 211 Å². The Morgan fingerprint density at radius 2 is 1.31 bits per heavy atom. The van der Waals surface area contributed by atoms with Crippen molar-refractivity contribution in [3.63, 3.8) is 0 Å². The molecule has 0 bridgehead atoms. The third-order valence-corrected chi connectivity index (χ3v) is 6.17. The van der Waals surface area contributed by atoms with E-state index in [1.807, 2.05) is 6.07 Å². The molecule has 2 aromatic carbocycles. The van der Waals surface area contributed by atoms with Gasteiger partial charge in [-0.05, 0) is 43.0 Å². The lowest BCUT2D eigenvalue weighted by Gasteiger charge is -2.17. The molecular formula is C30H42O5. The first-order valence-electron chi connectivity index (χ1n) is 13.3. The van der Waals surface area contributed by atoms with Crippen molar-refractivity contribution in [2.45, 2.75) is 85.0 Å². The molecule has 2 aromatic rings. The quantitative estimate of drug-likeness (QED) is 0.130. The molecular weight excluding hydrogens is 440 g/mol. The molecule has 0 heterocycles. The van der Waals surface area contributed by atoms with Gasteiger partial charge in [0.05, 0.1) is 13.2 Å². The number of unbranched alkanes of at least 4 members (excludes halogenated alkanes) is 6. The van der Waals surface area contributed by atoms with Gasteiger partial charge in [0.2, 0.25) is 0 Å². The average molecular weight is 483 g/mol. The minimum absolute atomic E-state index is 0.189. The highest BCUT2D eigenvalue weighted by molar-refractivity contribution is 5.97. The molecule has 0 radical (unpaired) electrons. The van der Waals surface area contributed by atoms with Gasteiger partial charge in [-0.1, -0.05) is 96.4 Å². The van der Waals surface area contributed by atoms with Gasteiger partial charge >= 0.3 is 11.9 Å². The van der Waals surface area contributed by atoms with E-state index in [9.17, 15) is 9.59 Å². The monoisotopic (exact) mass is 482 g/mol. The molecule has 0 aliphatic rings. The van der Waals surface area contributed by atoms with E-state index in [2.05, 4.69) is 20.8 Å². The van der Waals surface area contributed by atoms with Crippen molar-refractivity contribution in [1.29, 1.82) is 0 Å². The van der Waals surface area contributed by atoms with Crippen molar-refractivity contribution in [3.05, 3.63) is 59.7 Å². The van der Waals surface area contributed by atoms with Crippen LogP contribution in [0.5, 0.6) is 11.5 Å². The number of carbonyl (C=O) groups excluding carboxylic acids is 2. The largest absolute Gasteiger partial charge is 0.492 e. The molecule has 0 amide bonds. The topological polar surface area (TPSA) is 61.8 Å². The second-order valence-corrected chi connectivity index (χ2v) is 9.01. The summed E-state index contributed by atoms with van der Waals surface area (Å²) < 4.78 is 17.1. The van der Waals surface area contributed by atoms with Gasteiger partial charge in [-0.2, -0.15) is 0 Å². The Balaban J connectivity index is 1.98. The number of para-hydroxylation sites is 2. The van der Waals surface area contributed by atoms with Gasteiger partial charge in [-0.15, -0.1) is 0 Å². The van der Waals surface area contributed by atoms with Gasteiger partial charge in [-0.3, -0.25) is 0 Å². The average Bonchev–Trinajstić information content (AvgIpc) is 2.88. The number of hydrogen-bond donors (Lipinski definition) is 0. The number of benzene rings is 2. The van der Waals surface area contributed by atoms with Crippen molar-refractivity contribution >= 4 is 11.9 Å². The third-order valence-electron chi connectivity index (χ3n) is 6.17. The van der Waals surface area contributed by atoms with Gasteiger partial charge in [0.15, 0.2) is 0 Å². The molecule has 1 atom stereocenters. The van der Waals surface area contributed by atoms with E-state index in [1.165, 1.54) is 19.3 Å². The summed E-state index contributed by atoms with van der Waals surface area (Å²) in [4.78, 5) is 25.7. The SMILES string of the molecule is CCCCCCCCOC(=O)c1ccccc1OC(=O)c1ccccc1OCC(CC)CCCC. The molecule has 5 nitrogen and oxygen atoms in total. The normalized spacial score (nSPS) is 11.6. The lowest BCUT2D eigenvalue weighted by Crippen LogP contribution is -2.16. The number of esters is 2. The molecule has 0 fully saturated rings. The second-order valence-electron chi connectivity index (χ2n) is 9.01. The zero-order valence-electron chi connectivity index (χ0n) is 21.7. The minimum Gasteiger partial charge on any atom is -0.492 e. The lowest BCUT2D eigenvalue weighted by atomic mass is 10.0. The predicted octanol–water partition coefficient (Wildman–Crippen LogP) is 8.02. The van der Waals surface area contributed by atoms with E-state index >= 15 is 0 Å². The summed E-state index contributed by atoms with van der Waals surface area (Å²) in [7, 11) is 0. The molecule has 35 heavy (non-hydrogen) atoms. The summed E-state index contributed by atoms with van der Waals surface area (Å²) in [5, 5.41) is 0. The van der Waals surface area contributed by atoms with Crippen LogP contribution in [-0.4, -0.2) is 25.2 Å². The van der Waals surface area contributed by atoms with Crippen molar-refractivity contribution in [1.82, 2.24) is 0 Å². The zero-order valence-corrected chi connectivity index (χ0v) is 21.7. The van der Waals surface area contributed by atoms with Crippen LogP contribution in [0.1, 0.15) is 106 Å². The van der Waals surface area contributed by atoms with Crippen molar-refractivity contribution in [2.24, 2.45) is 5.92 Å². The van der Waals surface area contributed by atoms with E-state index in [0.29, 0.717) is 30.4 Å². The van der Waals surface area contributed by atoms with E-state index in [0.717, 1.165) is 44.9 Å². The standard InChI is InChI=1S/C30H42O5/c1-4-7-9-10-11-16-22-33-29(31)26-19-13-15-21-28(26)35-30(32)25-18-12-14-20-27(25)34-23-24(6-3)17-8-5-2/h12-15,18-21,24H,4-11,16-17,22-23H2,1-3H3. The highest BCUT2D eigenvalue weighted by Crippen LogP contribution is 2.25. The fraction of sp³-hybridized carbons (Fsp3) is 0.533. The Bertz CT molecular complexity index is 892.